The molecule has 168 valence electrons. The number of piperidine rings is 1. The van der Waals surface area contributed by atoms with Crippen molar-refractivity contribution in [2.45, 2.75) is 26.3 Å². The van der Waals surface area contributed by atoms with Gasteiger partial charge >= 0.3 is 0 Å². The van der Waals surface area contributed by atoms with Gasteiger partial charge in [-0.15, -0.1) is 0 Å². The number of para-hydroxylation sites is 1. The topological polar surface area (TPSA) is 78.1 Å². The van der Waals surface area contributed by atoms with Crippen molar-refractivity contribution in [2.75, 3.05) is 18.4 Å². The highest BCUT2D eigenvalue weighted by Gasteiger charge is 2.21. The lowest BCUT2D eigenvalue weighted by atomic mass is 9.99. The van der Waals surface area contributed by atoms with Gasteiger partial charge in [-0.2, -0.15) is 5.26 Å². The smallest absolute Gasteiger partial charge is 0.266 e. The van der Waals surface area contributed by atoms with Gasteiger partial charge in [0.1, 0.15) is 18.2 Å². The van der Waals surface area contributed by atoms with Gasteiger partial charge in [0.2, 0.25) is 5.91 Å². The summed E-state index contributed by atoms with van der Waals surface area (Å²) in [4.78, 5) is 27.5. The summed E-state index contributed by atoms with van der Waals surface area (Å²) in [6, 6.07) is 16.4. The lowest BCUT2D eigenvalue weighted by Gasteiger charge is -2.30. The molecule has 3 aromatic rings. The monoisotopic (exact) mass is 460 g/mol. The van der Waals surface area contributed by atoms with E-state index in [-0.39, 0.29) is 18.0 Å². The third kappa shape index (κ3) is 5.27. The summed E-state index contributed by atoms with van der Waals surface area (Å²) in [5.41, 5.74) is 2.13. The number of likely N-dealkylation sites (tertiary alicyclic amines) is 1. The Morgan fingerprint density at radius 2 is 1.85 bits per heavy atom. The molecule has 33 heavy (non-hydrogen) atoms. The standard InChI is InChI=1S/C26H25ClN4O2/c1-18-10-12-30(13-11-18)25(32)17-31-16-20(23-4-2-3-5-24(23)31)14-19(15-28)26(33)29-22-8-6-21(27)7-9-22/h2-9,14,16,18H,10-13,17H2,1H3,(H,29,33)/b19-14+. The van der Waals surface area contributed by atoms with E-state index in [1.165, 1.54) is 0 Å². The van der Waals surface area contributed by atoms with Crippen molar-refractivity contribution in [1.82, 2.24) is 9.47 Å². The molecular weight excluding hydrogens is 436 g/mol. The summed E-state index contributed by atoms with van der Waals surface area (Å²) < 4.78 is 1.90. The number of rotatable bonds is 5. The van der Waals surface area contributed by atoms with Gasteiger partial charge in [-0.1, -0.05) is 36.7 Å². The molecule has 2 amide bonds. The Bertz CT molecular complexity index is 1250. The highest BCUT2D eigenvalue weighted by atomic mass is 35.5. The third-order valence-electron chi connectivity index (χ3n) is 6.03. The molecule has 2 aromatic carbocycles. The van der Waals surface area contributed by atoms with E-state index in [1.807, 2.05) is 46.0 Å². The van der Waals surface area contributed by atoms with Gasteiger partial charge in [-0.25, -0.2) is 0 Å². The lowest BCUT2D eigenvalue weighted by molar-refractivity contribution is -0.133. The molecular formula is C26H25ClN4O2. The number of fused-ring (bicyclic) bond motifs is 1. The van der Waals surface area contributed by atoms with Crippen LogP contribution in [-0.4, -0.2) is 34.4 Å². The van der Waals surface area contributed by atoms with Crippen molar-refractivity contribution < 1.29 is 9.59 Å². The fraction of sp³-hybridized carbons (Fsp3) is 0.269. The number of hydrogen-bond acceptors (Lipinski definition) is 3. The van der Waals surface area contributed by atoms with E-state index in [9.17, 15) is 14.9 Å². The van der Waals surface area contributed by atoms with Crippen molar-refractivity contribution in [2.24, 2.45) is 5.92 Å². The second-order valence-electron chi connectivity index (χ2n) is 8.42. The highest BCUT2D eigenvalue weighted by molar-refractivity contribution is 6.30. The maximum absolute atomic E-state index is 12.9. The van der Waals surface area contributed by atoms with Crippen molar-refractivity contribution in [1.29, 1.82) is 5.26 Å². The van der Waals surface area contributed by atoms with Gasteiger partial charge in [0.05, 0.1) is 0 Å². The van der Waals surface area contributed by atoms with Crippen LogP contribution in [0.25, 0.3) is 17.0 Å². The Morgan fingerprint density at radius 1 is 1.15 bits per heavy atom. The zero-order valence-electron chi connectivity index (χ0n) is 18.4. The van der Waals surface area contributed by atoms with Crippen LogP contribution in [0, 0.1) is 17.2 Å². The SMILES string of the molecule is CC1CCN(C(=O)Cn2cc(/C=C(\C#N)C(=O)Nc3ccc(Cl)cc3)c3ccccc32)CC1. The molecule has 2 heterocycles. The second-order valence-corrected chi connectivity index (χ2v) is 8.86. The van der Waals surface area contributed by atoms with E-state index < -0.39 is 5.91 Å². The molecule has 0 radical (unpaired) electrons. The zero-order valence-corrected chi connectivity index (χ0v) is 19.2. The van der Waals surface area contributed by atoms with Crippen molar-refractivity contribution in [3.8, 4) is 6.07 Å². The van der Waals surface area contributed by atoms with E-state index in [2.05, 4.69) is 12.2 Å². The molecule has 6 nitrogen and oxygen atoms in total. The summed E-state index contributed by atoms with van der Waals surface area (Å²) in [6.07, 6.45) is 5.46. The van der Waals surface area contributed by atoms with Crippen molar-refractivity contribution in [3.63, 3.8) is 0 Å². The fourth-order valence-corrected chi connectivity index (χ4v) is 4.19. The number of carbonyl (C=O) groups is 2. The van der Waals surface area contributed by atoms with Crippen molar-refractivity contribution in [3.05, 3.63) is 70.9 Å². The Balaban J connectivity index is 1.58. The molecule has 0 spiro atoms. The van der Waals surface area contributed by atoms with Gasteiger partial charge < -0.3 is 14.8 Å². The number of hydrogen-bond donors (Lipinski definition) is 1. The van der Waals surface area contributed by atoms with Gasteiger partial charge in [0.15, 0.2) is 0 Å². The average molecular weight is 461 g/mol. The normalized spacial score (nSPS) is 14.8. The molecule has 0 atom stereocenters. The van der Waals surface area contributed by atoms with Gasteiger partial charge in [0, 0.05) is 46.5 Å². The molecule has 0 bridgehead atoms. The number of nitrogens with one attached hydrogen (secondary N) is 1. The molecule has 0 aliphatic carbocycles. The predicted molar refractivity (Wildman–Crippen MR) is 131 cm³/mol. The van der Waals surface area contributed by atoms with Crippen molar-refractivity contribution >= 4 is 46.1 Å². The maximum Gasteiger partial charge on any atom is 0.266 e. The number of amides is 2. The maximum atomic E-state index is 12.9. The Hall–Kier alpha value is -3.56. The molecule has 0 unspecified atom stereocenters. The summed E-state index contributed by atoms with van der Waals surface area (Å²) >= 11 is 5.89. The second kappa shape index (κ2) is 9.93. The van der Waals surface area contributed by atoms with Crippen LogP contribution in [0.4, 0.5) is 5.69 Å². The minimum atomic E-state index is -0.504. The number of benzene rings is 2. The predicted octanol–water partition coefficient (Wildman–Crippen LogP) is 5.10. The van der Waals surface area contributed by atoms with Crippen LogP contribution in [-0.2, 0) is 16.1 Å². The van der Waals surface area contributed by atoms with Crippen LogP contribution >= 0.6 is 11.6 Å². The number of halogens is 1. The number of nitriles is 1. The first-order valence-corrected chi connectivity index (χ1v) is 11.4. The van der Waals surface area contributed by atoms with Crippen LogP contribution in [0.5, 0.6) is 0 Å². The summed E-state index contributed by atoms with van der Waals surface area (Å²) in [5, 5.41) is 13.8. The fourth-order valence-electron chi connectivity index (χ4n) is 4.06. The molecule has 1 aliphatic heterocycles. The summed E-state index contributed by atoms with van der Waals surface area (Å²) in [7, 11) is 0. The minimum Gasteiger partial charge on any atom is -0.341 e. The number of nitrogens with zero attached hydrogens (tertiary/aromatic N) is 3. The van der Waals surface area contributed by atoms with Crippen LogP contribution in [0.15, 0.2) is 60.3 Å². The van der Waals surface area contributed by atoms with Crippen LogP contribution < -0.4 is 5.32 Å². The molecule has 1 fully saturated rings. The Labute approximate surface area is 198 Å². The number of carbonyl (C=O) groups excluding carboxylic acids is 2. The highest BCUT2D eigenvalue weighted by Crippen LogP contribution is 2.25. The Morgan fingerprint density at radius 3 is 2.55 bits per heavy atom. The quantitative estimate of drug-likeness (QED) is 0.425. The van der Waals surface area contributed by atoms with Gasteiger partial charge in [-0.3, -0.25) is 9.59 Å². The molecule has 0 saturated carbocycles. The Kier molecular flexibility index (Phi) is 6.81. The average Bonchev–Trinajstić information content (AvgIpc) is 3.16. The van der Waals surface area contributed by atoms with Gasteiger partial charge in [0.25, 0.3) is 5.91 Å². The molecule has 1 N–H and O–H groups in total. The minimum absolute atomic E-state index is 0.0239. The van der Waals surface area contributed by atoms with Crippen LogP contribution in [0.2, 0.25) is 5.02 Å². The van der Waals surface area contributed by atoms with E-state index in [4.69, 9.17) is 11.6 Å². The molecule has 1 saturated heterocycles. The first kappa shape index (κ1) is 22.6. The van der Waals surface area contributed by atoms with E-state index in [0.29, 0.717) is 22.2 Å². The van der Waals surface area contributed by atoms with Gasteiger partial charge in [-0.05, 0) is 55.2 Å². The number of aromatic nitrogens is 1. The lowest BCUT2D eigenvalue weighted by Crippen LogP contribution is -2.39. The molecule has 4 rings (SSSR count). The largest absolute Gasteiger partial charge is 0.341 e. The number of anilines is 1. The molecule has 7 heteroatoms. The van der Waals surface area contributed by atoms with Crippen LogP contribution in [0.3, 0.4) is 0 Å². The van der Waals surface area contributed by atoms with E-state index in [1.54, 1.807) is 30.3 Å². The first-order valence-electron chi connectivity index (χ1n) is 11.0. The van der Waals surface area contributed by atoms with E-state index >= 15 is 0 Å². The van der Waals surface area contributed by atoms with E-state index in [0.717, 1.165) is 36.8 Å². The third-order valence-corrected chi connectivity index (χ3v) is 6.28. The molecule has 1 aromatic heterocycles. The first-order chi connectivity index (χ1) is 15.9. The van der Waals surface area contributed by atoms with Crippen LogP contribution in [0.1, 0.15) is 25.3 Å². The summed E-state index contributed by atoms with van der Waals surface area (Å²) in [6.45, 7) is 4.02. The summed E-state index contributed by atoms with van der Waals surface area (Å²) in [5.74, 6) is 0.232. The zero-order chi connectivity index (χ0) is 23.4. The molecule has 1 aliphatic rings.